The molecule has 0 aliphatic carbocycles. The van der Waals surface area contributed by atoms with E-state index in [2.05, 4.69) is 4.72 Å². The highest BCUT2D eigenvalue weighted by atomic mass is 35.5. The monoisotopic (exact) mass is 375 g/mol. The maximum Gasteiger partial charge on any atom is 0.241 e. The number of nitrogens with zero attached hydrogens (tertiary/aromatic N) is 1. The summed E-state index contributed by atoms with van der Waals surface area (Å²) in [6.45, 7) is 1.73. The van der Waals surface area contributed by atoms with Crippen molar-refractivity contribution >= 4 is 28.3 Å². The van der Waals surface area contributed by atoms with Crippen molar-refractivity contribution in [3.05, 3.63) is 29.3 Å². The molecule has 134 valence electrons. The first-order chi connectivity index (χ1) is 11.0. The van der Waals surface area contributed by atoms with Gasteiger partial charge in [0.1, 0.15) is 0 Å². The first-order valence-corrected chi connectivity index (χ1v) is 9.18. The van der Waals surface area contributed by atoms with E-state index in [4.69, 9.17) is 10.5 Å². The fraction of sp³-hybridized carbons (Fsp3) is 0.533. The van der Waals surface area contributed by atoms with Gasteiger partial charge in [-0.25, -0.2) is 13.1 Å². The number of benzene rings is 1. The molecule has 1 fully saturated rings. The molecule has 24 heavy (non-hydrogen) atoms. The van der Waals surface area contributed by atoms with Crippen molar-refractivity contribution < 1.29 is 17.9 Å². The van der Waals surface area contributed by atoms with Crippen LogP contribution in [0.3, 0.4) is 0 Å². The molecule has 1 unspecified atom stereocenters. The fourth-order valence-corrected chi connectivity index (χ4v) is 4.09. The third-order valence-corrected chi connectivity index (χ3v) is 5.79. The summed E-state index contributed by atoms with van der Waals surface area (Å²) in [7, 11) is -3.71. The van der Waals surface area contributed by atoms with Crippen LogP contribution < -0.4 is 10.5 Å². The first kappa shape index (κ1) is 19.1. The average molecular weight is 376 g/mol. The molecular weight excluding hydrogens is 354 g/mol. The van der Waals surface area contributed by atoms with Gasteiger partial charge >= 0.3 is 0 Å². The molecule has 2 aliphatic rings. The summed E-state index contributed by atoms with van der Waals surface area (Å²) in [6.07, 6.45) is 1.78. The molecule has 1 amide bonds. The standard InChI is InChI=1S/C15H21N3O4S.ClH/c16-7-13-2-1-5-18(13)15(19)8-17-23(20,21)14-4-3-11-9-22-10-12(11)6-14;/h3-4,6,13,17H,1-2,5,7-10,16H2;1H. The zero-order chi connectivity index (χ0) is 16.4. The molecule has 0 spiro atoms. The number of fused-ring (bicyclic) bond motifs is 1. The predicted molar refractivity (Wildman–Crippen MR) is 91.2 cm³/mol. The second-order valence-corrected chi connectivity index (χ2v) is 7.63. The van der Waals surface area contributed by atoms with E-state index in [0.29, 0.717) is 26.3 Å². The number of nitrogens with two attached hydrogens (primary N) is 1. The van der Waals surface area contributed by atoms with Gasteiger partial charge in [-0.3, -0.25) is 4.79 Å². The molecule has 1 aromatic rings. The summed E-state index contributed by atoms with van der Waals surface area (Å²) < 4.78 is 32.4. The third kappa shape index (κ3) is 3.89. The Balaban J connectivity index is 0.00000208. The molecule has 2 heterocycles. The van der Waals surface area contributed by atoms with E-state index in [1.165, 1.54) is 0 Å². The molecule has 0 bridgehead atoms. The van der Waals surface area contributed by atoms with E-state index in [9.17, 15) is 13.2 Å². The van der Waals surface area contributed by atoms with E-state index in [1.807, 2.05) is 0 Å². The topological polar surface area (TPSA) is 102 Å². The van der Waals surface area contributed by atoms with Gasteiger partial charge in [0.05, 0.1) is 24.7 Å². The van der Waals surface area contributed by atoms with Crippen molar-refractivity contribution in [3.8, 4) is 0 Å². The molecule has 0 aromatic heterocycles. The average Bonchev–Trinajstić information content (AvgIpc) is 3.20. The van der Waals surface area contributed by atoms with Crippen LogP contribution in [0.5, 0.6) is 0 Å². The van der Waals surface area contributed by atoms with Crippen LogP contribution in [0.1, 0.15) is 24.0 Å². The molecule has 1 atom stereocenters. The van der Waals surface area contributed by atoms with Crippen LogP contribution in [0.2, 0.25) is 0 Å². The zero-order valence-corrected chi connectivity index (χ0v) is 14.9. The Kier molecular flexibility index (Phi) is 6.22. The summed E-state index contributed by atoms with van der Waals surface area (Å²) in [4.78, 5) is 14.0. The highest BCUT2D eigenvalue weighted by Crippen LogP contribution is 2.23. The van der Waals surface area contributed by atoms with Gasteiger partial charge in [-0.1, -0.05) is 6.07 Å². The van der Waals surface area contributed by atoms with Gasteiger partial charge in [0.15, 0.2) is 0 Å². The number of carbonyl (C=O) groups excluding carboxylic acids is 1. The summed E-state index contributed by atoms with van der Waals surface area (Å²) in [6, 6.07) is 4.92. The van der Waals surface area contributed by atoms with E-state index in [-0.39, 0.29) is 35.8 Å². The fourth-order valence-electron chi connectivity index (χ4n) is 3.07. The maximum atomic E-state index is 12.4. The molecular formula is C15H22ClN3O4S. The van der Waals surface area contributed by atoms with Crippen LogP contribution in [-0.2, 0) is 32.8 Å². The highest BCUT2D eigenvalue weighted by Gasteiger charge is 2.28. The minimum atomic E-state index is -3.71. The van der Waals surface area contributed by atoms with E-state index in [0.717, 1.165) is 24.0 Å². The molecule has 3 N–H and O–H groups in total. The Morgan fingerprint density at radius 3 is 2.83 bits per heavy atom. The Hall–Kier alpha value is -1.19. The smallest absolute Gasteiger partial charge is 0.241 e. The third-order valence-electron chi connectivity index (χ3n) is 4.39. The summed E-state index contributed by atoms with van der Waals surface area (Å²) in [5.74, 6) is -0.231. The van der Waals surface area contributed by atoms with Crippen molar-refractivity contribution in [2.45, 2.75) is 37.0 Å². The van der Waals surface area contributed by atoms with Gasteiger partial charge in [-0.05, 0) is 36.1 Å². The van der Waals surface area contributed by atoms with Crippen LogP contribution in [0.15, 0.2) is 23.1 Å². The number of ether oxygens (including phenoxy) is 1. The minimum absolute atomic E-state index is 0. The molecule has 3 rings (SSSR count). The van der Waals surface area contributed by atoms with Crippen LogP contribution in [-0.4, -0.2) is 44.9 Å². The number of amides is 1. The number of rotatable bonds is 5. The van der Waals surface area contributed by atoms with Gasteiger partial charge in [0.25, 0.3) is 0 Å². The quantitative estimate of drug-likeness (QED) is 0.774. The lowest BCUT2D eigenvalue weighted by atomic mass is 10.1. The molecule has 2 aliphatic heterocycles. The van der Waals surface area contributed by atoms with E-state index < -0.39 is 10.0 Å². The van der Waals surface area contributed by atoms with Crippen molar-refractivity contribution in [3.63, 3.8) is 0 Å². The summed E-state index contributed by atoms with van der Waals surface area (Å²) >= 11 is 0. The Morgan fingerprint density at radius 2 is 2.08 bits per heavy atom. The van der Waals surface area contributed by atoms with Crippen LogP contribution in [0.4, 0.5) is 0 Å². The lowest BCUT2D eigenvalue weighted by Crippen LogP contribution is -2.45. The largest absolute Gasteiger partial charge is 0.372 e. The highest BCUT2D eigenvalue weighted by molar-refractivity contribution is 7.89. The van der Waals surface area contributed by atoms with Gasteiger partial charge < -0.3 is 15.4 Å². The number of sulfonamides is 1. The lowest BCUT2D eigenvalue weighted by molar-refractivity contribution is -0.130. The first-order valence-electron chi connectivity index (χ1n) is 7.70. The van der Waals surface area contributed by atoms with E-state index >= 15 is 0 Å². The maximum absolute atomic E-state index is 12.4. The zero-order valence-electron chi connectivity index (χ0n) is 13.2. The van der Waals surface area contributed by atoms with Gasteiger partial charge in [0, 0.05) is 19.1 Å². The Morgan fingerprint density at radius 1 is 1.33 bits per heavy atom. The van der Waals surface area contributed by atoms with Crippen molar-refractivity contribution in [1.82, 2.24) is 9.62 Å². The number of hydrogen-bond donors (Lipinski definition) is 2. The molecule has 0 radical (unpaired) electrons. The van der Waals surface area contributed by atoms with Crippen molar-refractivity contribution in [2.24, 2.45) is 5.73 Å². The number of carbonyl (C=O) groups is 1. The minimum Gasteiger partial charge on any atom is -0.372 e. The van der Waals surface area contributed by atoms with Crippen LogP contribution in [0.25, 0.3) is 0 Å². The van der Waals surface area contributed by atoms with Crippen molar-refractivity contribution in [1.29, 1.82) is 0 Å². The number of halogens is 1. The Bertz CT molecular complexity index is 711. The molecule has 7 nitrogen and oxygen atoms in total. The van der Waals surface area contributed by atoms with Gasteiger partial charge in [-0.2, -0.15) is 0 Å². The van der Waals surface area contributed by atoms with Gasteiger partial charge in [0.2, 0.25) is 15.9 Å². The number of hydrogen-bond acceptors (Lipinski definition) is 5. The predicted octanol–water partition coefficient (Wildman–Crippen LogP) is 0.367. The molecule has 0 saturated carbocycles. The van der Waals surface area contributed by atoms with Crippen molar-refractivity contribution in [2.75, 3.05) is 19.6 Å². The van der Waals surface area contributed by atoms with Crippen LogP contribution >= 0.6 is 12.4 Å². The SMILES string of the molecule is Cl.NCC1CCCN1C(=O)CNS(=O)(=O)c1ccc2c(c1)COC2. The number of nitrogens with one attached hydrogen (secondary N) is 1. The second kappa shape index (κ2) is 7.79. The summed E-state index contributed by atoms with van der Waals surface area (Å²) in [5, 5.41) is 0. The number of likely N-dealkylation sites (tertiary alicyclic amines) is 1. The lowest BCUT2D eigenvalue weighted by Gasteiger charge is -2.23. The molecule has 1 aromatic carbocycles. The van der Waals surface area contributed by atoms with Crippen LogP contribution in [0, 0.1) is 0 Å². The molecule has 9 heteroatoms. The molecule has 1 saturated heterocycles. The van der Waals surface area contributed by atoms with E-state index in [1.54, 1.807) is 23.1 Å². The normalized spacial score (nSPS) is 19.9. The second-order valence-electron chi connectivity index (χ2n) is 5.87. The Labute approximate surface area is 148 Å². The summed E-state index contributed by atoms with van der Waals surface area (Å²) in [5.41, 5.74) is 7.52. The van der Waals surface area contributed by atoms with Gasteiger partial charge in [-0.15, -0.1) is 12.4 Å².